The molecular weight excluding hydrogens is 228 g/mol. The highest BCUT2D eigenvalue weighted by Crippen LogP contribution is 2.23. The van der Waals surface area contributed by atoms with Gasteiger partial charge in [0.1, 0.15) is 5.76 Å². The van der Waals surface area contributed by atoms with Gasteiger partial charge in [-0.05, 0) is 13.8 Å². The van der Waals surface area contributed by atoms with Gasteiger partial charge < -0.3 is 9.15 Å². The lowest BCUT2D eigenvalue weighted by Crippen LogP contribution is -2.44. The van der Waals surface area contributed by atoms with E-state index in [2.05, 4.69) is 44.5 Å². The lowest BCUT2D eigenvalue weighted by atomic mass is 9.94. The third kappa shape index (κ3) is 3.33. The number of rotatable bonds is 2. The van der Waals surface area contributed by atoms with Crippen LogP contribution in [0.3, 0.4) is 0 Å². The zero-order chi connectivity index (χ0) is 13.3. The summed E-state index contributed by atoms with van der Waals surface area (Å²) < 4.78 is 11.5. The van der Waals surface area contributed by atoms with Gasteiger partial charge in [0.25, 0.3) is 0 Å². The SMILES string of the molecule is CC1CN(Cc2ncc(C(C)(C)C)o2)CC(C)O1. The summed E-state index contributed by atoms with van der Waals surface area (Å²) in [6.45, 7) is 13.3. The van der Waals surface area contributed by atoms with Crippen LogP contribution in [0.1, 0.15) is 46.3 Å². The molecule has 4 nitrogen and oxygen atoms in total. The van der Waals surface area contributed by atoms with Crippen LogP contribution in [0, 0.1) is 0 Å². The van der Waals surface area contributed by atoms with Crippen molar-refractivity contribution >= 4 is 0 Å². The van der Waals surface area contributed by atoms with E-state index in [1.54, 1.807) is 0 Å². The number of hydrogen-bond donors (Lipinski definition) is 0. The molecule has 1 saturated heterocycles. The predicted octanol–water partition coefficient (Wildman–Crippen LogP) is 2.58. The summed E-state index contributed by atoms with van der Waals surface area (Å²) >= 11 is 0. The Hall–Kier alpha value is -0.870. The van der Waals surface area contributed by atoms with Crippen molar-refractivity contribution in [2.45, 2.75) is 58.8 Å². The molecule has 1 aliphatic rings. The van der Waals surface area contributed by atoms with Gasteiger partial charge in [0.05, 0.1) is 24.9 Å². The number of nitrogens with zero attached hydrogens (tertiary/aromatic N) is 2. The molecule has 1 aliphatic heterocycles. The van der Waals surface area contributed by atoms with Gasteiger partial charge in [-0.1, -0.05) is 20.8 Å². The van der Waals surface area contributed by atoms with Crippen LogP contribution in [-0.4, -0.2) is 35.2 Å². The van der Waals surface area contributed by atoms with Crippen LogP contribution in [0.25, 0.3) is 0 Å². The van der Waals surface area contributed by atoms with Gasteiger partial charge in [0.2, 0.25) is 5.89 Å². The van der Waals surface area contributed by atoms with Crippen LogP contribution in [-0.2, 0) is 16.7 Å². The maximum atomic E-state index is 5.83. The molecule has 18 heavy (non-hydrogen) atoms. The average molecular weight is 252 g/mol. The van der Waals surface area contributed by atoms with Crippen LogP contribution >= 0.6 is 0 Å². The van der Waals surface area contributed by atoms with Crippen LogP contribution in [0.15, 0.2) is 10.6 Å². The summed E-state index contributed by atoms with van der Waals surface area (Å²) in [5.41, 5.74) is 0.0246. The van der Waals surface area contributed by atoms with Crippen molar-refractivity contribution in [3.05, 3.63) is 17.8 Å². The maximum absolute atomic E-state index is 5.83. The number of ether oxygens (including phenoxy) is 1. The molecule has 0 amide bonds. The van der Waals surface area contributed by atoms with E-state index in [0.717, 1.165) is 31.3 Å². The largest absolute Gasteiger partial charge is 0.444 e. The van der Waals surface area contributed by atoms with E-state index in [1.807, 2.05) is 6.20 Å². The van der Waals surface area contributed by atoms with Crippen LogP contribution in [0.5, 0.6) is 0 Å². The highest BCUT2D eigenvalue weighted by molar-refractivity contribution is 5.06. The molecule has 1 aromatic rings. The summed E-state index contributed by atoms with van der Waals surface area (Å²) in [6.07, 6.45) is 2.42. The van der Waals surface area contributed by atoms with Gasteiger partial charge in [0.15, 0.2) is 0 Å². The molecule has 0 spiro atoms. The fraction of sp³-hybridized carbons (Fsp3) is 0.786. The molecule has 0 aromatic carbocycles. The molecule has 2 heterocycles. The highest BCUT2D eigenvalue weighted by Gasteiger charge is 2.24. The zero-order valence-corrected chi connectivity index (χ0v) is 12.1. The fourth-order valence-electron chi connectivity index (χ4n) is 2.33. The molecule has 0 aliphatic carbocycles. The monoisotopic (exact) mass is 252 g/mol. The second kappa shape index (κ2) is 5.02. The predicted molar refractivity (Wildman–Crippen MR) is 70.5 cm³/mol. The number of aromatic nitrogens is 1. The third-order valence-electron chi connectivity index (χ3n) is 3.15. The number of hydrogen-bond acceptors (Lipinski definition) is 4. The van der Waals surface area contributed by atoms with Crippen molar-refractivity contribution < 1.29 is 9.15 Å². The summed E-state index contributed by atoms with van der Waals surface area (Å²) in [5, 5.41) is 0. The van der Waals surface area contributed by atoms with E-state index >= 15 is 0 Å². The fourth-order valence-corrected chi connectivity index (χ4v) is 2.33. The quantitative estimate of drug-likeness (QED) is 0.811. The third-order valence-corrected chi connectivity index (χ3v) is 3.15. The van der Waals surface area contributed by atoms with E-state index in [-0.39, 0.29) is 17.6 Å². The van der Waals surface area contributed by atoms with E-state index in [9.17, 15) is 0 Å². The van der Waals surface area contributed by atoms with Crippen molar-refractivity contribution in [3.8, 4) is 0 Å². The second-order valence-electron chi connectivity index (χ2n) is 6.32. The minimum Gasteiger partial charge on any atom is -0.444 e. The molecule has 102 valence electrons. The van der Waals surface area contributed by atoms with Crippen LogP contribution in [0.4, 0.5) is 0 Å². The first-order chi connectivity index (χ1) is 8.34. The molecule has 0 radical (unpaired) electrons. The van der Waals surface area contributed by atoms with Crippen molar-refractivity contribution in [1.82, 2.24) is 9.88 Å². The van der Waals surface area contributed by atoms with E-state index < -0.39 is 0 Å². The first-order valence-corrected chi connectivity index (χ1v) is 6.67. The lowest BCUT2D eigenvalue weighted by Gasteiger charge is -2.34. The van der Waals surface area contributed by atoms with Crippen molar-refractivity contribution in [3.63, 3.8) is 0 Å². The number of morpholine rings is 1. The smallest absolute Gasteiger partial charge is 0.208 e. The first-order valence-electron chi connectivity index (χ1n) is 6.67. The Labute approximate surface area is 109 Å². The topological polar surface area (TPSA) is 38.5 Å². The maximum Gasteiger partial charge on any atom is 0.208 e. The van der Waals surface area contributed by atoms with Gasteiger partial charge >= 0.3 is 0 Å². The first kappa shape index (κ1) is 13.6. The van der Waals surface area contributed by atoms with Gasteiger partial charge in [-0.3, -0.25) is 4.90 Å². The standard InChI is InChI=1S/C14H24N2O2/c1-10-7-16(8-11(2)17-10)9-13-15-6-12(18-13)14(3,4)5/h6,10-11H,7-9H2,1-5H3. The van der Waals surface area contributed by atoms with E-state index in [4.69, 9.17) is 9.15 Å². The molecule has 0 bridgehead atoms. The minimum atomic E-state index is 0.0246. The molecule has 2 unspecified atom stereocenters. The molecule has 4 heteroatoms. The van der Waals surface area contributed by atoms with Gasteiger partial charge in [-0.2, -0.15) is 0 Å². The van der Waals surface area contributed by atoms with Crippen molar-refractivity contribution in [2.75, 3.05) is 13.1 Å². The number of oxazole rings is 1. The Morgan fingerprint density at radius 2 is 1.89 bits per heavy atom. The average Bonchev–Trinajstić information content (AvgIpc) is 2.63. The Morgan fingerprint density at radius 1 is 1.28 bits per heavy atom. The van der Waals surface area contributed by atoms with Crippen molar-refractivity contribution in [2.24, 2.45) is 0 Å². The molecule has 0 N–H and O–H groups in total. The van der Waals surface area contributed by atoms with E-state index in [0.29, 0.717) is 0 Å². The Kier molecular flexibility index (Phi) is 3.78. The molecule has 2 atom stereocenters. The normalized spacial score (nSPS) is 26.5. The Bertz CT molecular complexity index is 385. The van der Waals surface area contributed by atoms with Crippen LogP contribution in [0.2, 0.25) is 0 Å². The van der Waals surface area contributed by atoms with Crippen molar-refractivity contribution in [1.29, 1.82) is 0 Å². The summed E-state index contributed by atoms with van der Waals surface area (Å²) in [4.78, 5) is 6.72. The Balaban J connectivity index is 1.99. The second-order valence-corrected chi connectivity index (χ2v) is 6.32. The lowest BCUT2D eigenvalue weighted by molar-refractivity contribution is -0.0723. The molecule has 2 rings (SSSR count). The summed E-state index contributed by atoms with van der Waals surface area (Å²) in [5.74, 6) is 1.76. The van der Waals surface area contributed by atoms with E-state index in [1.165, 1.54) is 0 Å². The molecule has 1 aromatic heterocycles. The summed E-state index contributed by atoms with van der Waals surface area (Å²) in [6, 6.07) is 0. The molecule has 0 saturated carbocycles. The van der Waals surface area contributed by atoms with Gasteiger partial charge in [0, 0.05) is 18.5 Å². The van der Waals surface area contributed by atoms with Gasteiger partial charge in [-0.25, -0.2) is 4.98 Å². The summed E-state index contributed by atoms with van der Waals surface area (Å²) in [7, 11) is 0. The zero-order valence-electron chi connectivity index (χ0n) is 12.1. The minimum absolute atomic E-state index is 0.0246. The molecular formula is C14H24N2O2. The Morgan fingerprint density at radius 3 is 2.39 bits per heavy atom. The molecule has 1 fully saturated rings. The van der Waals surface area contributed by atoms with Crippen LogP contribution < -0.4 is 0 Å². The highest BCUT2D eigenvalue weighted by atomic mass is 16.5. The van der Waals surface area contributed by atoms with Gasteiger partial charge in [-0.15, -0.1) is 0 Å².